The van der Waals surface area contributed by atoms with Crippen molar-refractivity contribution in [3.8, 4) is 0 Å². The highest BCUT2D eigenvalue weighted by atomic mass is 32.2. The second-order valence-corrected chi connectivity index (χ2v) is 6.65. The van der Waals surface area contributed by atoms with Crippen molar-refractivity contribution >= 4 is 16.0 Å². The van der Waals surface area contributed by atoms with Gasteiger partial charge in [0.2, 0.25) is 10.0 Å². The standard InChI is InChI=1S/C12H18N2O4S/c1-4-14(9-5-6-9)19(17,18)11-7(2)10(12(15)16)13-8(11)3/h9,13H,4-6H2,1-3H3,(H,15,16). The number of sulfonamides is 1. The molecule has 1 aliphatic carbocycles. The SMILES string of the molecule is CCN(C1CC1)S(=O)(=O)c1c(C)[nH]c(C(=O)O)c1C. The summed E-state index contributed by atoms with van der Waals surface area (Å²) in [5, 5.41) is 9.05. The van der Waals surface area contributed by atoms with E-state index < -0.39 is 16.0 Å². The third-order valence-corrected chi connectivity index (χ3v) is 5.72. The second-order valence-electron chi connectivity index (χ2n) is 4.82. The third kappa shape index (κ3) is 2.28. The fraction of sp³-hybridized carbons (Fsp3) is 0.583. The first-order valence-corrected chi connectivity index (χ1v) is 7.69. The summed E-state index contributed by atoms with van der Waals surface area (Å²) in [6.45, 7) is 5.32. The number of carbonyl (C=O) groups is 1. The van der Waals surface area contributed by atoms with E-state index in [-0.39, 0.29) is 22.2 Å². The van der Waals surface area contributed by atoms with Crippen LogP contribution < -0.4 is 0 Å². The van der Waals surface area contributed by atoms with Crippen molar-refractivity contribution in [2.24, 2.45) is 0 Å². The summed E-state index contributed by atoms with van der Waals surface area (Å²) in [5.74, 6) is -1.14. The number of carboxylic acid groups (broad SMARTS) is 1. The highest BCUT2D eigenvalue weighted by Crippen LogP contribution is 2.34. The van der Waals surface area contributed by atoms with Gasteiger partial charge in [-0.2, -0.15) is 4.31 Å². The van der Waals surface area contributed by atoms with Crippen LogP contribution in [0.1, 0.15) is 41.5 Å². The lowest BCUT2D eigenvalue weighted by Crippen LogP contribution is -2.33. The zero-order valence-electron chi connectivity index (χ0n) is 11.2. The Balaban J connectivity index is 2.54. The van der Waals surface area contributed by atoms with Gasteiger partial charge in [-0.15, -0.1) is 0 Å². The van der Waals surface area contributed by atoms with Crippen molar-refractivity contribution < 1.29 is 18.3 Å². The van der Waals surface area contributed by atoms with Crippen LogP contribution in [-0.2, 0) is 10.0 Å². The molecule has 0 aliphatic heterocycles. The minimum atomic E-state index is -3.62. The van der Waals surface area contributed by atoms with E-state index in [2.05, 4.69) is 4.98 Å². The van der Waals surface area contributed by atoms with E-state index >= 15 is 0 Å². The Morgan fingerprint density at radius 3 is 2.37 bits per heavy atom. The molecule has 2 N–H and O–H groups in total. The molecule has 1 aromatic heterocycles. The number of hydrogen-bond acceptors (Lipinski definition) is 3. The van der Waals surface area contributed by atoms with E-state index in [0.29, 0.717) is 12.2 Å². The minimum Gasteiger partial charge on any atom is -0.477 e. The number of rotatable bonds is 5. The summed E-state index contributed by atoms with van der Waals surface area (Å²) in [5.41, 5.74) is 0.612. The number of hydrogen-bond donors (Lipinski definition) is 2. The van der Waals surface area contributed by atoms with Gasteiger partial charge in [-0.25, -0.2) is 13.2 Å². The highest BCUT2D eigenvalue weighted by molar-refractivity contribution is 7.89. The van der Waals surface area contributed by atoms with Crippen LogP contribution in [0.5, 0.6) is 0 Å². The molecule has 19 heavy (non-hydrogen) atoms. The molecule has 1 saturated carbocycles. The molecule has 1 aliphatic rings. The topological polar surface area (TPSA) is 90.5 Å². The molecule has 7 heteroatoms. The molecule has 0 bridgehead atoms. The van der Waals surface area contributed by atoms with E-state index in [1.54, 1.807) is 13.8 Å². The van der Waals surface area contributed by atoms with Crippen LogP contribution in [-0.4, -0.2) is 41.4 Å². The van der Waals surface area contributed by atoms with Gasteiger partial charge in [0.1, 0.15) is 10.6 Å². The molecule has 0 amide bonds. The molecule has 2 rings (SSSR count). The molecule has 0 atom stereocenters. The summed E-state index contributed by atoms with van der Waals surface area (Å²) in [7, 11) is -3.62. The van der Waals surface area contributed by atoms with Gasteiger partial charge in [-0.3, -0.25) is 0 Å². The van der Waals surface area contributed by atoms with Gasteiger partial charge in [0.15, 0.2) is 0 Å². The Morgan fingerprint density at radius 1 is 1.42 bits per heavy atom. The van der Waals surface area contributed by atoms with Crippen molar-refractivity contribution in [1.82, 2.24) is 9.29 Å². The summed E-state index contributed by atoms with van der Waals surface area (Å²) < 4.78 is 26.7. The average Bonchev–Trinajstić information content (AvgIpc) is 3.05. The van der Waals surface area contributed by atoms with Crippen molar-refractivity contribution in [2.45, 2.75) is 44.6 Å². The molecule has 1 aromatic rings. The van der Waals surface area contributed by atoms with Gasteiger partial charge in [-0.1, -0.05) is 6.92 Å². The minimum absolute atomic E-state index is 0.0528. The van der Waals surface area contributed by atoms with Crippen molar-refractivity contribution in [3.05, 3.63) is 17.0 Å². The van der Waals surface area contributed by atoms with Crippen LogP contribution in [0.25, 0.3) is 0 Å². The molecular weight excluding hydrogens is 268 g/mol. The average molecular weight is 286 g/mol. The Bertz CT molecular complexity index is 614. The van der Waals surface area contributed by atoms with Gasteiger partial charge in [-0.05, 0) is 26.7 Å². The fourth-order valence-electron chi connectivity index (χ4n) is 2.44. The number of aromatic carboxylic acids is 1. The number of nitrogens with one attached hydrogen (secondary N) is 1. The molecule has 0 aromatic carbocycles. The largest absolute Gasteiger partial charge is 0.477 e. The predicted octanol–water partition coefficient (Wildman–Crippen LogP) is 1.50. The van der Waals surface area contributed by atoms with Crippen molar-refractivity contribution in [3.63, 3.8) is 0 Å². The van der Waals surface area contributed by atoms with Crippen molar-refractivity contribution in [1.29, 1.82) is 0 Å². The van der Waals surface area contributed by atoms with E-state index in [4.69, 9.17) is 5.11 Å². The maximum atomic E-state index is 12.6. The summed E-state index contributed by atoms with van der Waals surface area (Å²) in [6, 6.07) is 0.0666. The quantitative estimate of drug-likeness (QED) is 0.858. The predicted molar refractivity (Wildman–Crippen MR) is 69.8 cm³/mol. The molecule has 0 unspecified atom stereocenters. The maximum absolute atomic E-state index is 12.6. The lowest BCUT2D eigenvalue weighted by atomic mass is 10.2. The van der Waals surface area contributed by atoms with Gasteiger partial charge in [0.05, 0.1) is 0 Å². The zero-order valence-corrected chi connectivity index (χ0v) is 12.0. The number of H-pyrrole nitrogens is 1. The van der Waals surface area contributed by atoms with Gasteiger partial charge < -0.3 is 10.1 Å². The highest BCUT2D eigenvalue weighted by Gasteiger charge is 2.39. The molecule has 0 radical (unpaired) electrons. The maximum Gasteiger partial charge on any atom is 0.352 e. The molecule has 6 nitrogen and oxygen atoms in total. The smallest absolute Gasteiger partial charge is 0.352 e. The molecule has 0 saturated heterocycles. The first-order valence-electron chi connectivity index (χ1n) is 6.25. The van der Waals surface area contributed by atoms with Crippen LogP contribution in [0, 0.1) is 13.8 Å². The van der Waals surface area contributed by atoms with Crippen molar-refractivity contribution in [2.75, 3.05) is 6.54 Å². The Morgan fingerprint density at radius 2 is 2.00 bits per heavy atom. The van der Waals surface area contributed by atoms with Crippen LogP contribution >= 0.6 is 0 Å². The number of aromatic nitrogens is 1. The van der Waals surface area contributed by atoms with E-state index in [1.165, 1.54) is 11.2 Å². The van der Waals surface area contributed by atoms with Gasteiger partial charge >= 0.3 is 5.97 Å². The number of aromatic amines is 1. The molecule has 0 spiro atoms. The lowest BCUT2D eigenvalue weighted by molar-refractivity contribution is 0.0690. The van der Waals surface area contributed by atoms with E-state index in [9.17, 15) is 13.2 Å². The molecule has 1 fully saturated rings. The normalized spacial score (nSPS) is 16.0. The number of carboxylic acids is 1. The Hall–Kier alpha value is -1.34. The zero-order chi connectivity index (χ0) is 14.4. The van der Waals surface area contributed by atoms with Crippen LogP contribution in [0.15, 0.2) is 4.90 Å². The first kappa shape index (κ1) is 14.1. The third-order valence-electron chi connectivity index (χ3n) is 3.42. The first-order chi connectivity index (χ1) is 8.80. The molecular formula is C12H18N2O4S. The summed E-state index contributed by atoms with van der Waals surface area (Å²) in [4.78, 5) is 13.8. The summed E-state index contributed by atoms with van der Waals surface area (Å²) in [6.07, 6.45) is 1.75. The lowest BCUT2D eigenvalue weighted by Gasteiger charge is -2.20. The monoisotopic (exact) mass is 286 g/mol. The van der Waals surface area contributed by atoms with E-state index in [1.807, 2.05) is 0 Å². The second kappa shape index (κ2) is 4.64. The van der Waals surface area contributed by atoms with Crippen LogP contribution in [0.4, 0.5) is 0 Å². The molecule has 106 valence electrons. The summed E-state index contributed by atoms with van der Waals surface area (Å²) >= 11 is 0. The van der Waals surface area contributed by atoms with Gasteiger partial charge in [0.25, 0.3) is 0 Å². The van der Waals surface area contributed by atoms with Gasteiger partial charge in [0, 0.05) is 23.8 Å². The number of aryl methyl sites for hydroxylation is 1. The van der Waals surface area contributed by atoms with E-state index in [0.717, 1.165) is 12.8 Å². The molecule has 1 heterocycles. The van der Waals surface area contributed by atoms with Crippen LogP contribution in [0.2, 0.25) is 0 Å². The Labute approximate surface area is 112 Å². The Kier molecular flexibility index (Phi) is 3.44. The van der Waals surface area contributed by atoms with Crippen LogP contribution in [0.3, 0.4) is 0 Å². The number of nitrogens with zero attached hydrogens (tertiary/aromatic N) is 1. The fourth-order valence-corrected chi connectivity index (χ4v) is 4.54.